The van der Waals surface area contributed by atoms with E-state index < -0.39 is 29.2 Å². The summed E-state index contributed by atoms with van der Waals surface area (Å²) in [6, 6.07) is 0.579. The van der Waals surface area contributed by atoms with Crippen molar-refractivity contribution in [2.24, 2.45) is 5.16 Å². The standard InChI is InChI=1S/C23H24N8O5S2/c1-4-36-29-16(15-9-38-23(24)27-15)19(32)28-17-20(33)31-18(22(34)35)12(8-37-21(17)31)10(2)30-6-5-13-14(7-30)26-11(3)25-13/h5-7,9-10,17,21H,4,8H2,1-3H3,(H4,24,27,28,32,34,35)/p+1/t10?,17?,21-/m0/s1. The van der Waals surface area contributed by atoms with E-state index in [1.807, 2.05) is 36.9 Å². The van der Waals surface area contributed by atoms with Crippen molar-refractivity contribution >= 4 is 62.8 Å². The van der Waals surface area contributed by atoms with Crippen molar-refractivity contribution in [3.8, 4) is 0 Å². The Balaban J connectivity index is 1.39. The number of hydrogen-bond donors (Lipinski definition) is 4. The van der Waals surface area contributed by atoms with Crippen LogP contribution >= 0.6 is 23.1 Å². The van der Waals surface area contributed by atoms with Gasteiger partial charge >= 0.3 is 5.97 Å². The van der Waals surface area contributed by atoms with Crippen LogP contribution in [0.1, 0.15) is 31.4 Å². The summed E-state index contributed by atoms with van der Waals surface area (Å²) in [5.74, 6) is -1.25. The summed E-state index contributed by atoms with van der Waals surface area (Å²) in [6.07, 6.45) is 3.70. The highest BCUT2D eigenvalue weighted by Crippen LogP contribution is 2.42. The molecule has 2 aliphatic heterocycles. The first-order valence-electron chi connectivity index (χ1n) is 11.7. The number of imidazole rings is 1. The fraction of sp³-hybridized carbons (Fsp3) is 0.348. The molecule has 2 aliphatic rings. The Hall–Kier alpha value is -3.98. The van der Waals surface area contributed by atoms with Crippen LogP contribution in [0.4, 0.5) is 5.13 Å². The van der Waals surface area contributed by atoms with Gasteiger partial charge in [-0.3, -0.25) is 14.5 Å². The van der Waals surface area contributed by atoms with E-state index in [1.54, 1.807) is 12.3 Å². The number of thioether (sulfide) groups is 1. The van der Waals surface area contributed by atoms with Gasteiger partial charge in [0.2, 0.25) is 0 Å². The molecule has 2 amide bonds. The molecule has 5 rings (SSSR count). The SMILES string of the molecule is CCON=C(C(=O)NC1C(=O)N2C(C(=O)O)=C(C(C)[n+]3ccc4nc(C)[nH]c4c3)CS[C@@H]12)c1csc(N)n1. The van der Waals surface area contributed by atoms with Crippen LogP contribution in [-0.2, 0) is 19.2 Å². The van der Waals surface area contributed by atoms with Gasteiger partial charge in [-0.05, 0) is 13.8 Å². The molecular weight excluding hydrogens is 532 g/mol. The van der Waals surface area contributed by atoms with E-state index in [2.05, 4.69) is 25.4 Å². The number of nitrogens with one attached hydrogen (secondary N) is 2. The van der Waals surface area contributed by atoms with Crippen molar-refractivity contribution in [1.29, 1.82) is 0 Å². The number of anilines is 1. The maximum absolute atomic E-state index is 13.2. The lowest BCUT2D eigenvalue weighted by molar-refractivity contribution is -0.710. The Kier molecular flexibility index (Phi) is 6.79. The molecule has 3 aromatic rings. The number of fused-ring (bicyclic) bond motifs is 2. The summed E-state index contributed by atoms with van der Waals surface area (Å²) >= 11 is 2.53. The molecule has 0 aromatic carbocycles. The van der Waals surface area contributed by atoms with Crippen LogP contribution in [-0.4, -0.2) is 72.2 Å². The minimum absolute atomic E-state index is 0.0689. The van der Waals surface area contributed by atoms with Crippen LogP contribution in [0.5, 0.6) is 0 Å². The van der Waals surface area contributed by atoms with Crippen molar-refractivity contribution < 1.29 is 28.9 Å². The van der Waals surface area contributed by atoms with Gasteiger partial charge in [-0.15, -0.1) is 23.1 Å². The lowest BCUT2D eigenvalue weighted by Gasteiger charge is -2.49. The van der Waals surface area contributed by atoms with E-state index >= 15 is 0 Å². The first kappa shape index (κ1) is 25.7. The smallest absolute Gasteiger partial charge is 0.352 e. The van der Waals surface area contributed by atoms with Crippen LogP contribution in [0.15, 0.2) is 40.3 Å². The van der Waals surface area contributed by atoms with Gasteiger partial charge in [-0.25, -0.2) is 14.8 Å². The summed E-state index contributed by atoms with van der Waals surface area (Å²) in [5.41, 5.74) is 7.96. The van der Waals surface area contributed by atoms with E-state index in [9.17, 15) is 19.5 Å². The molecule has 1 saturated heterocycles. The fourth-order valence-electron chi connectivity index (χ4n) is 4.42. The van der Waals surface area contributed by atoms with Gasteiger partial charge in [0.05, 0.1) is 0 Å². The highest BCUT2D eigenvalue weighted by atomic mass is 32.2. The number of thiazole rings is 1. The molecule has 3 aromatic heterocycles. The summed E-state index contributed by atoms with van der Waals surface area (Å²) in [5, 5.41) is 17.9. The number of pyridine rings is 1. The lowest BCUT2D eigenvalue weighted by Crippen LogP contribution is -2.71. The number of carbonyl (C=O) groups excluding carboxylic acids is 2. The molecule has 5 N–H and O–H groups in total. The number of aryl methyl sites for hydroxylation is 1. The molecule has 13 nitrogen and oxygen atoms in total. The molecule has 3 atom stereocenters. The molecule has 0 saturated carbocycles. The molecule has 0 spiro atoms. The molecule has 0 aliphatic carbocycles. The first-order chi connectivity index (χ1) is 18.2. The van der Waals surface area contributed by atoms with E-state index in [1.165, 1.54) is 16.7 Å². The average Bonchev–Trinajstić information content (AvgIpc) is 3.49. The molecule has 198 valence electrons. The Morgan fingerprint density at radius 1 is 1.45 bits per heavy atom. The second kappa shape index (κ2) is 10.1. The van der Waals surface area contributed by atoms with Gasteiger partial charge in [0, 0.05) is 29.7 Å². The van der Waals surface area contributed by atoms with Gasteiger partial charge in [-0.2, -0.15) is 4.57 Å². The molecule has 0 radical (unpaired) electrons. The van der Waals surface area contributed by atoms with Crippen molar-refractivity contribution in [2.45, 2.75) is 38.2 Å². The number of nitrogen functional groups attached to an aromatic ring is 1. The predicted octanol–water partition coefficient (Wildman–Crippen LogP) is 0.938. The largest absolute Gasteiger partial charge is 0.477 e. The molecule has 2 unspecified atom stereocenters. The Morgan fingerprint density at radius 2 is 2.24 bits per heavy atom. The van der Waals surface area contributed by atoms with Gasteiger partial charge in [0.15, 0.2) is 29.3 Å². The van der Waals surface area contributed by atoms with Crippen molar-refractivity contribution in [3.63, 3.8) is 0 Å². The summed E-state index contributed by atoms with van der Waals surface area (Å²) in [7, 11) is 0. The summed E-state index contributed by atoms with van der Waals surface area (Å²) in [6.45, 7) is 5.68. The highest BCUT2D eigenvalue weighted by molar-refractivity contribution is 8.00. The topological polar surface area (TPSA) is 180 Å². The van der Waals surface area contributed by atoms with E-state index in [0.29, 0.717) is 11.3 Å². The second-order valence-corrected chi connectivity index (χ2v) is 10.7. The van der Waals surface area contributed by atoms with Gasteiger partial charge in [0.25, 0.3) is 11.8 Å². The van der Waals surface area contributed by atoms with Crippen LogP contribution in [0, 0.1) is 6.92 Å². The van der Waals surface area contributed by atoms with E-state index in [-0.39, 0.29) is 34.9 Å². The van der Waals surface area contributed by atoms with Crippen LogP contribution in [0.3, 0.4) is 0 Å². The van der Waals surface area contributed by atoms with Crippen molar-refractivity contribution in [3.05, 3.63) is 46.6 Å². The van der Waals surface area contributed by atoms with Crippen molar-refractivity contribution in [2.75, 3.05) is 18.1 Å². The first-order valence-corrected chi connectivity index (χ1v) is 13.6. The molecule has 15 heteroatoms. The Labute approximate surface area is 224 Å². The second-order valence-electron chi connectivity index (χ2n) is 8.66. The molecule has 0 bridgehead atoms. The Bertz CT molecular complexity index is 1510. The number of β-lactam (4-membered cyclic amide) rings is 1. The lowest BCUT2D eigenvalue weighted by atomic mass is 9.99. The Morgan fingerprint density at radius 3 is 2.92 bits per heavy atom. The number of aromatic nitrogens is 4. The van der Waals surface area contributed by atoms with Gasteiger partial charge in [0.1, 0.15) is 46.3 Å². The summed E-state index contributed by atoms with van der Waals surface area (Å²) in [4.78, 5) is 56.6. The molecule has 5 heterocycles. The normalized spacial score (nSPS) is 20.2. The quantitative estimate of drug-likeness (QED) is 0.136. The van der Waals surface area contributed by atoms with Crippen LogP contribution < -0.4 is 15.6 Å². The third-order valence-electron chi connectivity index (χ3n) is 6.27. The number of carbonyl (C=O) groups is 3. The zero-order valence-corrected chi connectivity index (χ0v) is 22.3. The number of nitrogens with two attached hydrogens (primary N) is 1. The third-order valence-corrected chi connectivity index (χ3v) is 8.24. The minimum atomic E-state index is -1.20. The minimum Gasteiger partial charge on any atom is -0.477 e. The fourth-order valence-corrected chi connectivity index (χ4v) is 6.44. The number of nitrogens with zero attached hydrogens (tertiary/aromatic N) is 5. The van der Waals surface area contributed by atoms with Gasteiger partial charge < -0.3 is 26.0 Å². The zero-order chi connectivity index (χ0) is 27.1. The van der Waals surface area contributed by atoms with Crippen LogP contribution in [0.2, 0.25) is 0 Å². The summed E-state index contributed by atoms with van der Waals surface area (Å²) < 4.78 is 1.89. The van der Waals surface area contributed by atoms with Crippen LogP contribution in [0.25, 0.3) is 11.0 Å². The molecular formula is C23H25N8O5S2+. The number of amides is 2. The predicted molar refractivity (Wildman–Crippen MR) is 140 cm³/mol. The number of aliphatic carboxylic acids is 1. The van der Waals surface area contributed by atoms with E-state index in [0.717, 1.165) is 28.2 Å². The maximum Gasteiger partial charge on any atom is 0.352 e. The number of hydrogen-bond acceptors (Lipinski definition) is 10. The van der Waals surface area contributed by atoms with Crippen molar-refractivity contribution in [1.82, 2.24) is 25.2 Å². The van der Waals surface area contributed by atoms with E-state index in [4.69, 9.17) is 10.6 Å². The zero-order valence-electron chi connectivity index (χ0n) is 20.7. The number of rotatable bonds is 8. The average molecular weight is 558 g/mol. The monoisotopic (exact) mass is 557 g/mol. The third kappa shape index (κ3) is 4.47. The number of carboxylic acid groups (broad SMARTS) is 1. The number of oxime groups is 1. The highest BCUT2D eigenvalue weighted by Gasteiger charge is 2.55. The number of aromatic amines is 1. The van der Waals surface area contributed by atoms with Gasteiger partial charge in [-0.1, -0.05) is 5.16 Å². The maximum atomic E-state index is 13.2. The number of H-pyrrole nitrogens is 1. The number of carboxylic acids is 1. The molecule has 1 fully saturated rings. The molecule has 38 heavy (non-hydrogen) atoms.